The Kier molecular flexibility index (Phi) is 6.96. The molecule has 0 spiro atoms. The number of fused-ring (bicyclic) bond motifs is 2. The number of hydrogen-bond donors (Lipinski definition) is 3. The Hall–Kier alpha value is -0.890. The molecule has 6 nitrogen and oxygen atoms in total. The summed E-state index contributed by atoms with van der Waals surface area (Å²) in [5.41, 5.74) is -2.02. The Labute approximate surface area is 220 Å². The first-order chi connectivity index (χ1) is 17.0. The Morgan fingerprint density at radius 3 is 2.50 bits per heavy atom. The minimum Gasteiger partial charge on any atom is -0.461 e. The molecule has 12 atom stereocenters. The van der Waals surface area contributed by atoms with Crippen molar-refractivity contribution in [2.24, 2.45) is 34.0 Å². The molecule has 0 amide bonds. The molecule has 0 radical (unpaired) electrons. The van der Waals surface area contributed by atoms with Crippen molar-refractivity contribution in [3.05, 3.63) is 12.7 Å². The molecule has 202 valence electrons. The standard InChI is InChI=1S/C29H45NO5S/c1-6-27(4)14-23(35-24(33)15-36-20-12-18-7-8-19(13-20)30-18)28(5)16(2)11-22(32)29(17(3)26(27)34)10-9-21(31)25(28)29/h6,16-20,22-23,25-26,30,32,34H,1,7-15H2,2-5H3/t16-,17+,18-,19+,20?,22?,23-,25+,26+,27-,28+,29+/m1/s1. The van der Waals surface area contributed by atoms with E-state index in [4.69, 9.17) is 4.74 Å². The van der Waals surface area contributed by atoms with Gasteiger partial charge in [-0.25, -0.2) is 0 Å². The molecule has 3 saturated carbocycles. The number of nitrogens with one attached hydrogen (secondary N) is 1. The number of aliphatic hydroxyl groups is 2. The Balaban J connectivity index is 1.43. The van der Waals surface area contributed by atoms with Gasteiger partial charge >= 0.3 is 5.97 Å². The van der Waals surface area contributed by atoms with E-state index in [1.807, 2.05) is 13.8 Å². The van der Waals surface area contributed by atoms with E-state index < -0.39 is 40.5 Å². The highest BCUT2D eigenvalue weighted by atomic mass is 32.2. The lowest BCUT2D eigenvalue weighted by molar-refractivity contribution is -0.231. The number of carbonyl (C=O) groups is 2. The summed E-state index contributed by atoms with van der Waals surface area (Å²) in [6, 6.07) is 1.16. The monoisotopic (exact) mass is 519 g/mol. The van der Waals surface area contributed by atoms with Crippen molar-refractivity contribution < 1.29 is 24.5 Å². The third-order valence-corrected chi connectivity index (χ3v) is 12.7. The van der Waals surface area contributed by atoms with E-state index in [0.717, 1.165) is 12.8 Å². The maximum atomic E-state index is 13.5. The van der Waals surface area contributed by atoms with Crippen molar-refractivity contribution in [2.75, 3.05) is 5.75 Å². The zero-order valence-corrected chi connectivity index (χ0v) is 23.2. The van der Waals surface area contributed by atoms with Crippen LogP contribution in [0.15, 0.2) is 12.7 Å². The summed E-state index contributed by atoms with van der Waals surface area (Å²) >= 11 is 1.71. The second kappa shape index (κ2) is 9.39. The van der Waals surface area contributed by atoms with Crippen LogP contribution in [0.4, 0.5) is 0 Å². The zero-order valence-electron chi connectivity index (χ0n) is 22.4. The van der Waals surface area contributed by atoms with Gasteiger partial charge in [-0.1, -0.05) is 33.8 Å². The zero-order chi connectivity index (χ0) is 26.0. The maximum Gasteiger partial charge on any atom is 0.316 e. The van der Waals surface area contributed by atoms with Crippen LogP contribution >= 0.6 is 11.8 Å². The number of ether oxygens (including phenoxy) is 1. The first-order valence-electron chi connectivity index (χ1n) is 14.0. The van der Waals surface area contributed by atoms with Crippen LogP contribution in [-0.2, 0) is 14.3 Å². The van der Waals surface area contributed by atoms with Crippen molar-refractivity contribution in [1.29, 1.82) is 0 Å². The summed E-state index contributed by atoms with van der Waals surface area (Å²) in [6.45, 7) is 12.2. The second-order valence-corrected chi connectivity index (χ2v) is 14.5. The number of hydrogen-bond acceptors (Lipinski definition) is 7. The quantitative estimate of drug-likeness (QED) is 0.375. The molecule has 0 aromatic carbocycles. The molecule has 2 heterocycles. The summed E-state index contributed by atoms with van der Waals surface area (Å²) in [6.07, 6.45) is 6.39. The van der Waals surface area contributed by atoms with Gasteiger partial charge in [0.05, 0.1) is 18.0 Å². The Morgan fingerprint density at radius 1 is 1.19 bits per heavy atom. The van der Waals surface area contributed by atoms with Gasteiger partial charge in [0, 0.05) is 45.9 Å². The number of aliphatic hydroxyl groups excluding tert-OH is 2. The van der Waals surface area contributed by atoms with Gasteiger partial charge in [-0.15, -0.1) is 18.3 Å². The van der Waals surface area contributed by atoms with Gasteiger partial charge in [0.2, 0.25) is 0 Å². The molecule has 7 heteroatoms. The van der Waals surface area contributed by atoms with E-state index in [2.05, 4.69) is 25.7 Å². The molecule has 36 heavy (non-hydrogen) atoms. The van der Waals surface area contributed by atoms with E-state index in [1.54, 1.807) is 17.8 Å². The molecule has 2 unspecified atom stereocenters. The molecule has 0 aromatic heterocycles. The van der Waals surface area contributed by atoms with E-state index in [0.29, 0.717) is 48.8 Å². The van der Waals surface area contributed by atoms with E-state index in [-0.39, 0.29) is 23.6 Å². The van der Waals surface area contributed by atoms with Crippen molar-refractivity contribution in [3.8, 4) is 0 Å². The van der Waals surface area contributed by atoms with Crippen LogP contribution in [0.2, 0.25) is 0 Å². The highest BCUT2D eigenvalue weighted by molar-refractivity contribution is 8.00. The number of thioether (sulfide) groups is 1. The van der Waals surface area contributed by atoms with Crippen molar-refractivity contribution in [3.63, 3.8) is 0 Å². The van der Waals surface area contributed by atoms with Gasteiger partial charge in [-0.3, -0.25) is 9.59 Å². The second-order valence-electron chi connectivity index (χ2n) is 13.2. The third-order valence-electron chi connectivity index (χ3n) is 11.5. The normalized spacial score (nSPS) is 52.3. The van der Waals surface area contributed by atoms with Crippen molar-refractivity contribution >= 4 is 23.5 Å². The molecule has 2 aliphatic heterocycles. The number of rotatable bonds is 5. The Morgan fingerprint density at radius 2 is 1.86 bits per heavy atom. The van der Waals surface area contributed by atoms with Gasteiger partial charge in [0.15, 0.2) is 0 Å². The van der Waals surface area contributed by atoms with Crippen molar-refractivity contribution in [1.82, 2.24) is 5.32 Å². The summed E-state index contributed by atoms with van der Waals surface area (Å²) in [5.74, 6) is -0.503. The molecular formula is C29H45NO5S. The molecule has 0 aromatic rings. The fourth-order valence-electron chi connectivity index (χ4n) is 9.10. The Bertz CT molecular complexity index is 900. The van der Waals surface area contributed by atoms with Gasteiger partial charge in [-0.05, 0) is 56.8 Å². The first-order valence-corrected chi connectivity index (χ1v) is 15.1. The lowest BCUT2D eigenvalue weighted by Crippen LogP contribution is -2.67. The number of ketones is 1. The van der Waals surface area contributed by atoms with Crippen LogP contribution in [0, 0.1) is 34.0 Å². The van der Waals surface area contributed by atoms with Crippen LogP contribution < -0.4 is 5.32 Å². The smallest absolute Gasteiger partial charge is 0.316 e. The van der Waals surface area contributed by atoms with Gasteiger partial charge in [-0.2, -0.15) is 0 Å². The van der Waals surface area contributed by atoms with E-state index in [9.17, 15) is 19.8 Å². The van der Waals surface area contributed by atoms with Gasteiger partial charge in [0.25, 0.3) is 0 Å². The summed E-state index contributed by atoms with van der Waals surface area (Å²) in [5, 5.41) is 27.2. The lowest BCUT2D eigenvalue weighted by Gasteiger charge is -2.63. The topological polar surface area (TPSA) is 95.9 Å². The van der Waals surface area contributed by atoms with Gasteiger partial charge in [0.1, 0.15) is 11.9 Å². The first kappa shape index (κ1) is 26.7. The summed E-state index contributed by atoms with van der Waals surface area (Å²) < 4.78 is 6.35. The number of carbonyl (C=O) groups excluding carboxylic acids is 2. The molecule has 4 bridgehead atoms. The fraction of sp³-hybridized carbons (Fsp3) is 0.862. The summed E-state index contributed by atoms with van der Waals surface area (Å²) in [4.78, 5) is 26.9. The molecule has 5 rings (SSSR count). The molecule has 5 aliphatic rings. The third kappa shape index (κ3) is 3.94. The predicted octanol–water partition coefficient (Wildman–Crippen LogP) is 3.88. The largest absolute Gasteiger partial charge is 0.461 e. The number of piperidine rings is 1. The van der Waals surface area contributed by atoms with Crippen molar-refractivity contribution in [2.45, 2.75) is 115 Å². The van der Waals surface area contributed by atoms with Crippen LogP contribution in [-0.4, -0.2) is 63.4 Å². The van der Waals surface area contributed by atoms with Gasteiger partial charge < -0.3 is 20.3 Å². The van der Waals surface area contributed by atoms with Crippen LogP contribution in [0.3, 0.4) is 0 Å². The molecule has 5 fully saturated rings. The number of Topliss-reactive ketones (excluding diaryl/α,β-unsaturated/α-hetero) is 1. The highest BCUT2D eigenvalue weighted by Gasteiger charge is 2.71. The SMILES string of the molecule is C=C[C@]1(C)C[C@@H](OC(=O)CSC2C[C@H]3CC[C@@H](C2)N3)[C@]2(C)[C@H](C)CC(O)[C@]3(CCC(=O)[C@H]32)[C@@H](C)[C@@H]1O. The lowest BCUT2D eigenvalue weighted by atomic mass is 9.43. The van der Waals surface area contributed by atoms with Crippen LogP contribution in [0.5, 0.6) is 0 Å². The molecular weight excluding hydrogens is 474 g/mol. The molecule has 2 saturated heterocycles. The highest BCUT2D eigenvalue weighted by Crippen LogP contribution is 2.68. The minimum atomic E-state index is -0.795. The average Bonchev–Trinajstić information content (AvgIpc) is 3.38. The predicted molar refractivity (Wildman–Crippen MR) is 141 cm³/mol. The number of esters is 1. The molecule has 3 aliphatic carbocycles. The van der Waals surface area contributed by atoms with Crippen LogP contribution in [0.25, 0.3) is 0 Å². The summed E-state index contributed by atoms with van der Waals surface area (Å²) in [7, 11) is 0. The average molecular weight is 520 g/mol. The van der Waals surface area contributed by atoms with E-state index in [1.165, 1.54) is 12.8 Å². The van der Waals surface area contributed by atoms with Crippen LogP contribution in [0.1, 0.15) is 79.1 Å². The maximum absolute atomic E-state index is 13.5. The fourth-order valence-corrected chi connectivity index (χ4v) is 10.3. The minimum absolute atomic E-state index is 0.00493. The molecule has 3 N–H and O–H groups in total. The van der Waals surface area contributed by atoms with E-state index >= 15 is 0 Å².